The molecule has 1 saturated heterocycles. The van der Waals surface area contributed by atoms with Crippen molar-refractivity contribution in [3.8, 4) is 6.07 Å². The van der Waals surface area contributed by atoms with Crippen LogP contribution >= 0.6 is 0 Å². The molecule has 0 aliphatic carbocycles. The molecule has 4 aromatic carbocycles. The smallest absolute Gasteiger partial charge is 0.338 e. The monoisotopic (exact) mass is 694 g/mol. The number of nitriles is 1. The topological polar surface area (TPSA) is 150 Å². The van der Waals surface area contributed by atoms with E-state index in [1.54, 1.807) is 65.2 Å². The molecule has 4 unspecified atom stereocenters. The molecule has 0 saturated carbocycles. The Morgan fingerprint density at radius 2 is 1.35 bits per heavy atom. The normalized spacial score (nSPS) is 18.2. The number of nitrogens with one attached hydrogen (secondary N) is 1. The highest BCUT2D eigenvalue weighted by Gasteiger charge is 2.51. The van der Waals surface area contributed by atoms with E-state index in [9.17, 15) is 14.9 Å². The van der Waals surface area contributed by atoms with E-state index in [-0.39, 0.29) is 24.0 Å². The number of imidazole rings is 1. The standard InChI is InChI=1S/C40H34N6O6/c1-49-24-31-34(51-39(47)28-18-10-4-11-19-28)35(52-40(48)29-20-12-5-13-21-29)38(50-31)46-25-43-33-36(44-32(22-41)45-37(33)46)42-23-30(26-14-6-2-7-15-26)27-16-8-3-9-17-27/h2-21,25,30-31,34-35,38H,23-24H2,1H3,(H,42,44,45). The van der Waals surface area contributed by atoms with Gasteiger partial charge in [0.15, 0.2) is 35.4 Å². The molecule has 0 bridgehead atoms. The summed E-state index contributed by atoms with van der Waals surface area (Å²) in [5.74, 6) is -1.09. The zero-order valence-electron chi connectivity index (χ0n) is 28.1. The molecule has 3 heterocycles. The van der Waals surface area contributed by atoms with Crippen molar-refractivity contribution in [1.29, 1.82) is 5.26 Å². The highest BCUT2D eigenvalue weighted by atomic mass is 16.7. The van der Waals surface area contributed by atoms with Gasteiger partial charge in [-0.3, -0.25) is 4.57 Å². The maximum atomic E-state index is 13.5. The first-order chi connectivity index (χ1) is 25.5. The van der Waals surface area contributed by atoms with Crippen LogP contribution in [0.25, 0.3) is 11.2 Å². The Hall–Kier alpha value is -6.42. The fraction of sp³-hybridized carbons (Fsp3) is 0.200. The molecule has 2 aromatic heterocycles. The van der Waals surface area contributed by atoms with Gasteiger partial charge in [-0.1, -0.05) is 97.1 Å². The minimum atomic E-state index is -1.17. The average Bonchev–Trinajstić information content (AvgIpc) is 3.77. The summed E-state index contributed by atoms with van der Waals surface area (Å²) in [5, 5.41) is 13.4. The number of carbonyl (C=O) groups is 2. The Balaban J connectivity index is 1.26. The van der Waals surface area contributed by atoms with Gasteiger partial charge >= 0.3 is 11.9 Å². The maximum absolute atomic E-state index is 13.5. The number of hydrogen-bond donors (Lipinski definition) is 1. The largest absolute Gasteiger partial charge is 0.452 e. The van der Waals surface area contributed by atoms with E-state index >= 15 is 0 Å². The molecule has 1 N–H and O–H groups in total. The molecule has 12 heteroatoms. The van der Waals surface area contributed by atoms with Crippen molar-refractivity contribution < 1.29 is 28.5 Å². The van der Waals surface area contributed by atoms with Crippen LogP contribution in [0.2, 0.25) is 0 Å². The summed E-state index contributed by atoms with van der Waals surface area (Å²) in [6, 6.07) is 39.2. The van der Waals surface area contributed by atoms with E-state index in [1.165, 1.54) is 13.4 Å². The van der Waals surface area contributed by atoms with Crippen LogP contribution in [0.3, 0.4) is 0 Å². The molecule has 0 radical (unpaired) electrons. The summed E-state index contributed by atoms with van der Waals surface area (Å²) in [6.45, 7) is 0.448. The lowest BCUT2D eigenvalue weighted by Gasteiger charge is -2.25. The first-order valence-corrected chi connectivity index (χ1v) is 16.7. The summed E-state index contributed by atoms with van der Waals surface area (Å²) >= 11 is 0. The SMILES string of the molecule is COCC1OC(n2cnc3c(NCC(c4ccccc4)c4ccccc4)nc(C#N)nc32)C(OC(=O)c2ccccc2)C1OC(=O)c1ccccc1. The molecule has 6 aromatic rings. The number of nitrogens with zero attached hydrogens (tertiary/aromatic N) is 5. The van der Waals surface area contributed by atoms with Crippen LogP contribution in [0, 0.1) is 11.3 Å². The van der Waals surface area contributed by atoms with Gasteiger partial charge in [0, 0.05) is 19.6 Å². The third-order valence-electron chi connectivity index (χ3n) is 8.79. The van der Waals surface area contributed by atoms with Crippen molar-refractivity contribution in [2.24, 2.45) is 0 Å². The van der Waals surface area contributed by atoms with Gasteiger partial charge in [0.2, 0.25) is 5.82 Å². The molecule has 0 spiro atoms. The fourth-order valence-corrected chi connectivity index (χ4v) is 6.30. The van der Waals surface area contributed by atoms with Gasteiger partial charge in [-0.15, -0.1) is 0 Å². The highest BCUT2D eigenvalue weighted by Crippen LogP contribution is 2.37. The zero-order valence-corrected chi connectivity index (χ0v) is 28.1. The molecule has 260 valence electrons. The lowest BCUT2D eigenvalue weighted by Crippen LogP contribution is -2.41. The van der Waals surface area contributed by atoms with Crippen molar-refractivity contribution >= 4 is 28.9 Å². The predicted molar refractivity (Wildman–Crippen MR) is 190 cm³/mol. The Morgan fingerprint density at radius 1 is 0.808 bits per heavy atom. The van der Waals surface area contributed by atoms with Crippen LogP contribution in [0.5, 0.6) is 0 Å². The van der Waals surface area contributed by atoms with Gasteiger partial charge in [-0.25, -0.2) is 14.6 Å². The fourth-order valence-electron chi connectivity index (χ4n) is 6.30. The van der Waals surface area contributed by atoms with E-state index in [0.717, 1.165) is 11.1 Å². The number of hydrogen-bond acceptors (Lipinski definition) is 11. The summed E-state index contributed by atoms with van der Waals surface area (Å²) in [6.07, 6.45) is -2.70. The second kappa shape index (κ2) is 15.6. The number of anilines is 1. The van der Waals surface area contributed by atoms with Crippen LogP contribution in [0.15, 0.2) is 128 Å². The summed E-state index contributed by atoms with van der Waals surface area (Å²) in [7, 11) is 1.49. The third-order valence-corrected chi connectivity index (χ3v) is 8.79. The number of carbonyl (C=O) groups excluding carboxylic acids is 2. The number of methoxy groups -OCH3 is 1. The van der Waals surface area contributed by atoms with Gasteiger partial charge in [-0.2, -0.15) is 15.2 Å². The second-order valence-electron chi connectivity index (χ2n) is 12.1. The first-order valence-electron chi connectivity index (χ1n) is 16.7. The van der Waals surface area contributed by atoms with Gasteiger partial charge < -0.3 is 24.3 Å². The van der Waals surface area contributed by atoms with Crippen LogP contribution in [-0.4, -0.2) is 70.0 Å². The molecule has 0 amide bonds. The number of aromatic nitrogens is 4. The average molecular weight is 695 g/mol. The van der Waals surface area contributed by atoms with Crippen LogP contribution in [0.1, 0.15) is 49.8 Å². The van der Waals surface area contributed by atoms with Gasteiger partial charge in [0.05, 0.1) is 24.1 Å². The Labute approximate surface area is 299 Å². The van der Waals surface area contributed by atoms with Gasteiger partial charge in [0.1, 0.15) is 12.2 Å². The molecule has 1 aliphatic heterocycles. The number of benzene rings is 4. The molecule has 12 nitrogen and oxygen atoms in total. The molecule has 1 fully saturated rings. The van der Waals surface area contributed by atoms with Crippen molar-refractivity contribution in [1.82, 2.24) is 19.5 Å². The molecule has 1 aliphatic rings. The number of rotatable bonds is 12. The van der Waals surface area contributed by atoms with Crippen molar-refractivity contribution in [2.45, 2.75) is 30.5 Å². The predicted octanol–water partition coefficient (Wildman–Crippen LogP) is 5.94. The first kappa shape index (κ1) is 34.0. The minimum Gasteiger partial charge on any atom is -0.452 e. The molecular weight excluding hydrogens is 660 g/mol. The lowest BCUT2D eigenvalue weighted by molar-refractivity contribution is -0.0622. The zero-order chi connectivity index (χ0) is 35.9. The minimum absolute atomic E-state index is 0.0147. The number of esters is 2. The quantitative estimate of drug-likeness (QED) is 0.152. The number of fused-ring (bicyclic) bond motifs is 1. The maximum Gasteiger partial charge on any atom is 0.338 e. The van der Waals surface area contributed by atoms with Gasteiger partial charge in [-0.05, 0) is 35.4 Å². The van der Waals surface area contributed by atoms with E-state index in [1.807, 2.05) is 42.5 Å². The summed E-state index contributed by atoms with van der Waals surface area (Å²) in [5.41, 5.74) is 3.42. The second-order valence-corrected chi connectivity index (χ2v) is 12.1. The van der Waals surface area contributed by atoms with Crippen molar-refractivity contribution in [3.63, 3.8) is 0 Å². The molecular formula is C40H34N6O6. The van der Waals surface area contributed by atoms with Crippen LogP contribution in [0.4, 0.5) is 5.82 Å². The third kappa shape index (κ3) is 7.22. The Bertz CT molecular complexity index is 2140. The molecule has 52 heavy (non-hydrogen) atoms. The summed E-state index contributed by atoms with van der Waals surface area (Å²) < 4.78 is 25.6. The van der Waals surface area contributed by atoms with E-state index in [2.05, 4.69) is 44.5 Å². The summed E-state index contributed by atoms with van der Waals surface area (Å²) in [4.78, 5) is 40.5. The molecule has 7 rings (SSSR count). The van der Waals surface area contributed by atoms with Gasteiger partial charge in [0.25, 0.3) is 0 Å². The number of ether oxygens (including phenoxy) is 4. The van der Waals surface area contributed by atoms with E-state index < -0.39 is 36.5 Å². The van der Waals surface area contributed by atoms with Crippen molar-refractivity contribution in [2.75, 3.05) is 25.6 Å². The Kier molecular flexibility index (Phi) is 10.2. The van der Waals surface area contributed by atoms with Crippen LogP contribution in [-0.2, 0) is 18.9 Å². The van der Waals surface area contributed by atoms with E-state index in [4.69, 9.17) is 18.9 Å². The Morgan fingerprint density at radius 3 is 1.88 bits per heavy atom. The lowest BCUT2D eigenvalue weighted by atomic mass is 9.91. The molecule has 4 atom stereocenters. The highest BCUT2D eigenvalue weighted by molar-refractivity contribution is 5.90. The van der Waals surface area contributed by atoms with E-state index in [0.29, 0.717) is 29.0 Å². The van der Waals surface area contributed by atoms with Crippen LogP contribution < -0.4 is 5.32 Å². The van der Waals surface area contributed by atoms with Crippen molar-refractivity contribution in [3.05, 3.63) is 156 Å².